The molecule has 0 N–H and O–H groups in total. The third-order valence-electron chi connectivity index (χ3n) is 3.68. The summed E-state index contributed by atoms with van der Waals surface area (Å²) in [4.78, 5) is 4.71. The Morgan fingerprint density at radius 1 is 0.913 bits per heavy atom. The van der Waals surface area contributed by atoms with Crippen molar-refractivity contribution in [2.24, 2.45) is 4.99 Å². The lowest BCUT2D eigenvalue weighted by molar-refractivity contribution is 0.709. The molecular formula is C22H35N. The largest absolute Gasteiger partial charge is 0.256 e. The van der Waals surface area contributed by atoms with Crippen LogP contribution in [0.2, 0.25) is 0 Å². The molecular weight excluding hydrogens is 278 g/mol. The smallest absolute Gasteiger partial charge is 0.0733 e. The minimum atomic E-state index is 1.16. The second kappa shape index (κ2) is 14.0. The molecule has 1 heteroatoms. The number of aliphatic imine (C=N–C) groups is 1. The first-order valence-corrected chi connectivity index (χ1v) is 9.26. The summed E-state index contributed by atoms with van der Waals surface area (Å²) >= 11 is 0. The third-order valence-corrected chi connectivity index (χ3v) is 3.68. The van der Waals surface area contributed by atoms with Crippen molar-refractivity contribution in [1.82, 2.24) is 0 Å². The standard InChI is InChI=1S/C18H23N.2C2H6/c1-3-14-19-18(16-11-7-5-8-12-16)17-13-9-4-6-10-15(17)2;2*1-2/h3,5,7-8,11-12,14H,4,6,9-10,13H2,1-2H3;2*1-2H3/b14-3+,19-18?;;. The summed E-state index contributed by atoms with van der Waals surface area (Å²) in [5.41, 5.74) is 5.38. The Morgan fingerprint density at radius 3 is 2.13 bits per heavy atom. The van der Waals surface area contributed by atoms with Crippen LogP contribution >= 0.6 is 0 Å². The molecule has 0 radical (unpaired) electrons. The Morgan fingerprint density at radius 2 is 1.52 bits per heavy atom. The van der Waals surface area contributed by atoms with E-state index in [-0.39, 0.29) is 0 Å². The molecule has 1 nitrogen and oxygen atoms in total. The molecule has 1 aliphatic rings. The minimum Gasteiger partial charge on any atom is -0.256 e. The van der Waals surface area contributed by atoms with Gasteiger partial charge in [0.05, 0.1) is 5.71 Å². The predicted molar refractivity (Wildman–Crippen MR) is 106 cm³/mol. The van der Waals surface area contributed by atoms with E-state index in [9.17, 15) is 0 Å². The summed E-state index contributed by atoms with van der Waals surface area (Å²) in [5, 5.41) is 0. The molecule has 0 bridgehead atoms. The zero-order valence-electron chi connectivity index (χ0n) is 16.0. The lowest BCUT2D eigenvalue weighted by Crippen LogP contribution is -2.06. The molecule has 0 unspecified atom stereocenters. The predicted octanol–water partition coefficient (Wildman–Crippen LogP) is 7.34. The fraction of sp³-hybridized carbons (Fsp3) is 0.500. The maximum atomic E-state index is 4.71. The quantitative estimate of drug-likeness (QED) is 0.517. The molecule has 0 saturated carbocycles. The zero-order valence-corrected chi connectivity index (χ0v) is 16.0. The first-order chi connectivity index (χ1) is 11.3. The van der Waals surface area contributed by atoms with Gasteiger partial charge in [-0.15, -0.1) is 0 Å². The van der Waals surface area contributed by atoms with Crippen molar-refractivity contribution in [3.05, 3.63) is 59.3 Å². The lowest BCUT2D eigenvalue weighted by atomic mass is 9.95. The highest BCUT2D eigenvalue weighted by Gasteiger charge is 2.14. The Bertz CT molecular complexity index is 492. The Balaban J connectivity index is 0.00000112. The van der Waals surface area contributed by atoms with E-state index >= 15 is 0 Å². The van der Waals surface area contributed by atoms with Crippen LogP contribution in [0, 0.1) is 0 Å². The molecule has 1 aromatic carbocycles. The molecule has 1 aromatic rings. The van der Waals surface area contributed by atoms with E-state index in [0.717, 1.165) is 12.1 Å². The van der Waals surface area contributed by atoms with Crippen LogP contribution in [0.15, 0.2) is 58.7 Å². The van der Waals surface area contributed by atoms with Crippen LogP contribution in [0.5, 0.6) is 0 Å². The van der Waals surface area contributed by atoms with Crippen LogP contribution in [-0.2, 0) is 0 Å². The molecule has 23 heavy (non-hydrogen) atoms. The van der Waals surface area contributed by atoms with Gasteiger partial charge in [-0.1, -0.05) is 76.1 Å². The maximum Gasteiger partial charge on any atom is 0.0733 e. The van der Waals surface area contributed by atoms with Crippen molar-refractivity contribution in [3.63, 3.8) is 0 Å². The van der Waals surface area contributed by atoms with Crippen molar-refractivity contribution >= 4 is 5.71 Å². The van der Waals surface area contributed by atoms with E-state index in [2.05, 4.69) is 37.3 Å². The number of rotatable bonds is 3. The summed E-state index contributed by atoms with van der Waals surface area (Å²) in [7, 11) is 0. The number of nitrogens with zero attached hydrogens (tertiary/aromatic N) is 1. The second-order valence-corrected chi connectivity index (χ2v) is 5.15. The molecule has 0 aromatic heterocycles. The van der Waals surface area contributed by atoms with Gasteiger partial charge in [0.2, 0.25) is 0 Å². The highest BCUT2D eigenvalue weighted by molar-refractivity contribution is 6.13. The van der Waals surface area contributed by atoms with Gasteiger partial charge in [-0.3, -0.25) is 4.99 Å². The van der Waals surface area contributed by atoms with Crippen LogP contribution in [0.25, 0.3) is 0 Å². The summed E-state index contributed by atoms with van der Waals surface area (Å²) in [6.45, 7) is 12.3. The SMILES string of the molecule is C/C=C/N=C(C1=C(C)CCCCC1)c1ccccc1.CC.CC. The number of allylic oxidation sites excluding steroid dienone is 3. The number of hydrogen-bond donors (Lipinski definition) is 0. The molecule has 0 saturated heterocycles. The fourth-order valence-corrected chi connectivity index (χ4v) is 2.63. The molecule has 0 atom stereocenters. The zero-order chi connectivity index (χ0) is 17.5. The van der Waals surface area contributed by atoms with Crippen LogP contribution in [0.3, 0.4) is 0 Å². The molecule has 0 fully saturated rings. The van der Waals surface area contributed by atoms with Gasteiger partial charge >= 0.3 is 0 Å². The van der Waals surface area contributed by atoms with Crippen LogP contribution in [0.1, 0.15) is 79.2 Å². The Kier molecular flexibility index (Phi) is 13.0. The van der Waals surface area contributed by atoms with Gasteiger partial charge in [-0.05, 0) is 45.1 Å². The van der Waals surface area contributed by atoms with E-state index in [1.807, 2.05) is 46.9 Å². The highest BCUT2D eigenvalue weighted by Crippen LogP contribution is 2.26. The molecule has 2 rings (SSSR count). The average Bonchev–Trinajstić information content (AvgIpc) is 2.85. The molecule has 1 aliphatic carbocycles. The second-order valence-electron chi connectivity index (χ2n) is 5.15. The van der Waals surface area contributed by atoms with Crippen LogP contribution in [0.4, 0.5) is 0 Å². The van der Waals surface area contributed by atoms with E-state index in [1.54, 1.807) is 0 Å². The average molecular weight is 314 g/mol. The fourth-order valence-electron chi connectivity index (χ4n) is 2.63. The maximum absolute atomic E-state index is 4.71. The summed E-state index contributed by atoms with van der Waals surface area (Å²) in [6, 6.07) is 10.6. The van der Waals surface area contributed by atoms with Gasteiger partial charge in [-0.25, -0.2) is 0 Å². The van der Waals surface area contributed by atoms with Crippen LogP contribution < -0.4 is 0 Å². The first-order valence-electron chi connectivity index (χ1n) is 9.26. The lowest BCUT2D eigenvalue weighted by Gasteiger charge is -2.12. The van der Waals surface area contributed by atoms with Gasteiger partial charge in [0.1, 0.15) is 0 Å². The first kappa shape index (κ1) is 21.4. The molecule has 0 heterocycles. The van der Waals surface area contributed by atoms with Gasteiger partial charge in [-0.2, -0.15) is 0 Å². The molecule has 128 valence electrons. The monoisotopic (exact) mass is 313 g/mol. The minimum absolute atomic E-state index is 1.16. The van der Waals surface area contributed by atoms with Gasteiger partial charge in [0.25, 0.3) is 0 Å². The topological polar surface area (TPSA) is 12.4 Å². The van der Waals surface area contributed by atoms with Crippen molar-refractivity contribution in [3.8, 4) is 0 Å². The van der Waals surface area contributed by atoms with E-state index in [4.69, 9.17) is 4.99 Å². The highest BCUT2D eigenvalue weighted by atomic mass is 14.7. The number of benzene rings is 1. The molecule has 0 spiro atoms. The molecule has 0 aliphatic heterocycles. The van der Waals surface area contributed by atoms with Crippen molar-refractivity contribution in [2.75, 3.05) is 0 Å². The van der Waals surface area contributed by atoms with E-state index in [0.29, 0.717) is 0 Å². The van der Waals surface area contributed by atoms with Crippen LogP contribution in [-0.4, -0.2) is 5.71 Å². The van der Waals surface area contributed by atoms with Crippen molar-refractivity contribution in [2.45, 2.75) is 73.6 Å². The van der Waals surface area contributed by atoms with Crippen molar-refractivity contribution in [1.29, 1.82) is 0 Å². The summed E-state index contributed by atoms with van der Waals surface area (Å²) in [6.07, 6.45) is 10.2. The van der Waals surface area contributed by atoms with E-state index in [1.165, 1.54) is 42.4 Å². The Labute approximate surface area is 144 Å². The van der Waals surface area contributed by atoms with E-state index < -0.39 is 0 Å². The Hall–Kier alpha value is -1.63. The molecule has 0 amide bonds. The van der Waals surface area contributed by atoms with Gasteiger partial charge < -0.3 is 0 Å². The van der Waals surface area contributed by atoms with Crippen molar-refractivity contribution < 1.29 is 0 Å². The van der Waals surface area contributed by atoms with Gasteiger partial charge in [0, 0.05) is 11.8 Å². The summed E-state index contributed by atoms with van der Waals surface area (Å²) in [5.74, 6) is 0. The summed E-state index contributed by atoms with van der Waals surface area (Å²) < 4.78 is 0. The normalized spacial score (nSPS) is 15.3. The third kappa shape index (κ3) is 7.45. The van der Waals surface area contributed by atoms with Gasteiger partial charge in [0.15, 0.2) is 0 Å². The number of hydrogen-bond acceptors (Lipinski definition) is 1.